The number of aryl methyl sites for hydroxylation is 1. The number of nitrogens with zero attached hydrogens (tertiary/aromatic N) is 3. The van der Waals surface area contributed by atoms with E-state index in [1.54, 1.807) is 4.90 Å². The minimum atomic E-state index is -0.465. The van der Waals surface area contributed by atoms with Crippen LogP contribution in [0.5, 0.6) is 5.75 Å². The van der Waals surface area contributed by atoms with E-state index >= 15 is 0 Å². The molecule has 0 unspecified atom stereocenters. The molecule has 1 fully saturated rings. The monoisotopic (exact) mass is 521 g/mol. The number of rotatable bonds is 8. The van der Waals surface area contributed by atoms with Crippen LogP contribution in [-0.2, 0) is 10.2 Å². The van der Waals surface area contributed by atoms with Crippen molar-refractivity contribution in [2.45, 2.75) is 78.7 Å². The van der Waals surface area contributed by atoms with Crippen LogP contribution < -0.4 is 10.1 Å². The smallest absolute Gasteiger partial charge is 0.258 e. The van der Waals surface area contributed by atoms with Crippen molar-refractivity contribution < 1.29 is 14.3 Å². The first-order chi connectivity index (χ1) is 18.1. The number of amides is 2. The molecule has 1 saturated heterocycles. The van der Waals surface area contributed by atoms with Crippen LogP contribution in [0.25, 0.3) is 5.57 Å². The lowest BCUT2D eigenvalue weighted by atomic mass is 9.85. The van der Waals surface area contributed by atoms with E-state index in [4.69, 9.17) is 4.74 Å². The van der Waals surface area contributed by atoms with Crippen LogP contribution in [0.1, 0.15) is 87.6 Å². The third-order valence-corrected chi connectivity index (χ3v) is 7.46. The topological polar surface area (TPSA) is 90.6 Å². The summed E-state index contributed by atoms with van der Waals surface area (Å²) in [4.78, 5) is 31.7. The Morgan fingerprint density at radius 2 is 1.82 bits per heavy atom. The minimum Gasteiger partial charge on any atom is -0.492 e. The molecule has 0 saturated carbocycles. The lowest BCUT2D eigenvalue weighted by Crippen LogP contribution is -2.40. The van der Waals surface area contributed by atoms with Crippen molar-refractivity contribution >= 4 is 17.4 Å². The average Bonchev–Trinajstić information content (AvgIpc) is 3.23. The Kier molecular flexibility index (Phi) is 8.61. The second-order valence-electron chi connectivity index (χ2n) is 11.4. The van der Waals surface area contributed by atoms with Crippen molar-refractivity contribution in [3.05, 3.63) is 52.5 Å². The maximum atomic E-state index is 14.0. The number of fused-ring (bicyclic) bond motifs is 1. The average molecular weight is 522 g/mol. The number of hydrogen-bond donors (Lipinski definition) is 2. The standard InChI is InChI=1S/C30H43N5O3/c1-7-24-26(28(36)31-20(2)3)25-21(4)32-33-27(25)30(5,6)19-35(24)29(37)22-11-13-23(14-12-22)38-18-17-34-15-9-8-10-16-34/h11-14,20H,7-10,15-19H2,1-6H3,(H,31,36)(H,32,33). The second-order valence-corrected chi connectivity index (χ2v) is 11.4. The summed E-state index contributed by atoms with van der Waals surface area (Å²) in [6.07, 6.45) is 4.38. The summed E-state index contributed by atoms with van der Waals surface area (Å²) in [5, 5.41) is 10.7. The van der Waals surface area contributed by atoms with Crippen LogP contribution in [-0.4, -0.2) is 70.6 Å². The first-order valence-electron chi connectivity index (χ1n) is 14.0. The van der Waals surface area contributed by atoms with Gasteiger partial charge in [-0.25, -0.2) is 0 Å². The van der Waals surface area contributed by atoms with Gasteiger partial charge in [0.1, 0.15) is 12.4 Å². The molecule has 0 spiro atoms. The third-order valence-electron chi connectivity index (χ3n) is 7.46. The Morgan fingerprint density at radius 1 is 1.13 bits per heavy atom. The highest BCUT2D eigenvalue weighted by Crippen LogP contribution is 2.40. The van der Waals surface area contributed by atoms with Crippen LogP contribution in [0, 0.1) is 6.92 Å². The van der Waals surface area contributed by atoms with E-state index in [0.717, 1.165) is 42.3 Å². The number of H-pyrrole nitrogens is 1. The number of piperidine rings is 1. The second kappa shape index (κ2) is 11.7. The Bertz CT molecular complexity index is 1170. The fraction of sp³-hybridized carbons (Fsp3) is 0.567. The number of hydrogen-bond acceptors (Lipinski definition) is 5. The Morgan fingerprint density at radius 3 is 2.45 bits per heavy atom. The molecule has 0 bridgehead atoms. The van der Waals surface area contributed by atoms with Crippen molar-refractivity contribution in [2.75, 3.05) is 32.8 Å². The Labute approximate surface area is 226 Å². The predicted molar refractivity (Wildman–Crippen MR) is 150 cm³/mol. The maximum absolute atomic E-state index is 14.0. The number of aromatic amines is 1. The van der Waals surface area contributed by atoms with E-state index in [-0.39, 0.29) is 17.9 Å². The fourth-order valence-electron chi connectivity index (χ4n) is 5.54. The number of nitrogens with one attached hydrogen (secondary N) is 2. The summed E-state index contributed by atoms with van der Waals surface area (Å²) in [6.45, 7) is 16.2. The van der Waals surface area contributed by atoms with E-state index in [1.807, 2.05) is 52.0 Å². The number of carbonyl (C=O) groups is 2. The molecule has 2 aliphatic heterocycles. The summed E-state index contributed by atoms with van der Waals surface area (Å²) in [5.74, 6) is 0.445. The lowest BCUT2D eigenvalue weighted by Gasteiger charge is -2.31. The van der Waals surface area contributed by atoms with Gasteiger partial charge in [0.2, 0.25) is 0 Å². The van der Waals surface area contributed by atoms with Gasteiger partial charge in [-0.15, -0.1) is 0 Å². The highest BCUT2D eigenvalue weighted by atomic mass is 16.5. The summed E-state index contributed by atoms with van der Waals surface area (Å²) in [6, 6.07) is 7.34. The molecule has 8 nitrogen and oxygen atoms in total. The largest absolute Gasteiger partial charge is 0.492 e. The number of allylic oxidation sites excluding steroid dienone is 1. The van der Waals surface area contributed by atoms with Crippen molar-refractivity contribution in [3.63, 3.8) is 0 Å². The van der Waals surface area contributed by atoms with E-state index in [0.29, 0.717) is 36.4 Å². The van der Waals surface area contributed by atoms with Gasteiger partial charge < -0.3 is 15.0 Å². The Balaban J connectivity index is 1.60. The van der Waals surface area contributed by atoms with Gasteiger partial charge in [0.15, 0.2) is 0 Å². The summed E-state index contributed by atoms with van der Waals surface area (Å²) < 4.78 is 5.97. The van der Waals surface area contributed by atoms with E-state index in [2.05, 4.69) is 34.3 Å². The molecular weight excluding hydrogens is 478 g/mol. The summed E-state index contributed by atoms with van der Waals surface area (Å²) in [5.41, 5.74) is 3.78. The zero-order valence-corrected chi connectivity index (χ0v) is 23.8. The van der Waals surface area contributed by atoms with E-state index < -0.39 is 5.41 Å². The molecule has 2 amide bonds. The fourth-order valence-corrected chi connectivity index (χ4v) is 5.54. The lowest BCUT2D eigenvalue weighted by molar-refractivity contribution is -0.116. The van der Waals surface area contributed by atoms with Gasteiger partial charge in [0, 0.05) is 47.1 Å². The van der Waals surface area contributed by atoms with Gasteiger partial charge in [-0.05, 0) is 77.4 Å². The molecule has 2 aromatic rings. The Hall–Kier alpha value is -3.13. The number of carbonyl (C=O) groups excluding carboxylic acids is 2. The summed E-state index contributed by atoms with van der Waals surface area (Å²) >= 11 is 0. The molecule has 4 rings (SSSR count). The highest BCUT2D eigenvalue weighted by Gasteiger charge is 2.40. The molecule has 2 aliphatic rings. The third kappa shape index (κ3) is 5.96. The van der Waals surface area contributed by atoms with Crippen LogP contribution in [0.3, 0.4) is 0 Å². The van der Waals surface area contributed by atoms with Crippen LogP contribution in [0.2, 0.25) is 0 Å². The molecule has 1 aromatic heterocycles. The zero-order chi connectivity index (χ0) is 27.4. The van der Waals surface area contributed by atoms with E-state index in [9.17, 15) is 9.59 Å². The van der Waals surface area contributed by atoms with Crippen LogP contribution >= 0.6 is 0 Å². The van der Waals surface area contributed by atoms with Gasteiger partial charge >= 0.3 is 0 Å². The molecule has 1 aromatic carbocycles. The number of likely N-dealkylation sites (tertiary alicyclic amines) is 1. The van der Waals surface area contributed by atoms with Gasteiger partial charge in [0.05, 0.1) is 11.3 Å². The molecular formula is C30H43N5O3. The quantitative estimate of drug-likeness (QED) is 0.527. The molecule has 2 N–H and O–H groups in total. The van der Waals surface area contributed by atoms with Gasteiger partial charge in [-0.3, -0.25) is 19.6 Å². The van der Waals surface area contributed by atoms with Crippen molar-refractivity contribution in [1.82, 2.24) is 25.3 Å². The van der Waals surface area contributed by atoms with Gasteiger partial charge in [-0.2, -0.15) is 5.10 Å². The van der Waals surface area contributed by atoms with Crippen molar-refractivity contribution in [3.8, 4) is 5.75 Å². The van der Waals surface area contributed by atoms with Crippen LogP contribution in [0.4, 0.5) is 0 Å². The molecule has 0 aliphatic carbocycles. The number of aromatic nitrogens is 2. The minimum absolute atomic E-state index is 0.0355. The molecule has 206 valence electrons. The molecule has 0 atom stereocenters. The zero-order valence-electron chi connectivity index (χ0n) is 23.8. The summed E-state index contributed by atoms with van der Waals surface area (Å²) in [7, 11) is 0. The SMILES string of the molecule is CCC1=C(C(=O)NC(C)C)c2c(n[nH]c2C)C(C)(C)CN1C(=O)c1ccc(OCCN2CCCCC2)cc1. The molecule has 0 radical (unpaired) electrons. The number of benzene rings is 1. The van der Waals surface area contributed by atoms with Crippen molar-refractivity contribution in [1.29, 1.82) is 0 Å². The predicted octanol–water partition coefficient (Wildman–Crippen LogP) is 4.66. The highest BCUT2D eigenvalue weighted by molar-refractivity contribution is 6.22. The molecule has 38 heavy (non-hydrogen) atoms. The normalized spacial score (nSPS) is 17.8. The first-order valence-corrected chi connectivity index (χ1v) is 14.0. The molecule has 8 heteroatoms. The molecule has 3 heterocycles. The van der Waals surface area contributed by atoms with Crippen molar-refractivity contribution in [2.24, 2.45) is 0 Å². The first kappa shape index (κ1) is 27.9. The van der Waals surface area contributed by atoms with Gasteiger partial charge in [-0.1, -0.05) is 27.2 Å². The van der Waals surface area contributed by atoms with E-state index in [1.165, 1.54) is 19.3 Å². The van der Waals surface area contributed by atoms with Gasteiger partial charge in [0.25, 0.3) is 11.8 Å². The number of ether oxygens (including phenoxy) is 1. The van der Waals surface area contributed by atoms with Crippen LogP contribution in [0.15, 0.2) is 30.0 Å². The maximum Gasteiger partial charge on any atom is 0.258 e.